The molecule has 1 saturated carbocycles. The van der Waals surface area contributed by atoms with Crippen molar-refractivity contribution in [1.82, 2.24) is 5.32 Å². The number of hydrogen-bond donors (Lipinski definition) is 2. The Morgan fingerprint density at radius 1 is 1.47 bits per heavy atom. The smallest absolute Gasteiger partial charge is 0.223 e. The lowest BCUT2D eigenvalue weighted by molar-refractivity contribution is -0.125. The van der Waals surface area contributed by atoms with E-state index in [-0.39, 0.29) is 23.9 Å². The Balaban J connectivity index is 1.96. The Kier molecular flexibility index (Phi) is 4.43. The van der Waals surface area contributed by atoms with Gasteiger partial charge in [0.15, 0.2) is 0 Å². The average molecular weight is 262 g/mol. The number of hydrogen-bond acceptors (Lipinski definition) is 3. The lowest BCUT2D eigenvalue weighted by atomic mass is 10.0. The Morgan fingerprint density at radius 3 is 2.89 bits per heavy atom. The zero-order chi connectivity index (χ0) is 13.8. The van der Waals surface area contributed by atoms with E-state index >= 15 is 0 Å². The van der Waals surface area contributed by atoms with Gasteiger partial charge < -0.3 is 15.8 Å². The molecule has 1 aliphatic rings. The van der Waals surface area contributed by atoms with E-state index in [1.54, 1.807) is 7.11 Å². The number of rotatable bonds is 4. The van der Waals surface area contributed by atoms with Crippen molar-refractivity contribution in [3.8, 4) is 5.75 Å². The van der Waals surface area contributed by atoms with Gasteiger partial charge in [-0.1, -0.05) is 12.1 Å². The maximum absolute atomic E-state index is 12.1. The molecule has 0 bridgehead atoms. The van der Waals surface area contributed by atoms with Crippen LogP contribution in [0.5, 0.6) is 5.75 Å². The van der Waals surface area contributed by atoms with E-state index in [1.807, 2.05) is 31.2 Å². The number of carbonyl (C=O) groups excluding carboxylic acids is 1. The summed E-state index contributed by atoms with van der Waals surface area (Å²) in [5.41, 5.74) is 6.90. The molecule has 3 unspecified atom stereocenters. The normalized spacial score (nSPS) is 23.9. The quantitative estimate of drug-likeness (QED) is 0.872. The first-order valence-corrected chi connectivity index (χ1v) is 6.80. The predicted molar refractivity (Wildman–Crippen MR) is 74.9 cm³/mol. The SMILES string of the molecule is COc1cccc(C(C)NC(=O)C2CCC(N)C2)c1. The van der Waals surface area contributed by atoms with E-state index in [2.05, 4.69) is 5.32 Å². The molecule has 19 heavy (non-hydrogen) atoms. The fourth-order valence-electron chi connectivity index (χ4n) is 2.58. The molecule has 4 heteroatoms. The maximum atomic E-state index is 12.1. The highest BCUT2D eigenvalue weighted by molar-refractivity contribution is 5.79. The highest BCUT2D eigenvalue weighted by atomic mass is 16.5. The van der Waals surface area contributed by atoms with Gasteiger partial charge in [-0.3, -0.25) is 4.79 Å². The highest BCUT2D eigenvalue weighted by Crippen LogP contribution is 2.25. The lowest BCUT2D eigenvalue weighted by Gasteiger charge is -2.18. The fourth-order valence-corrected chi connectivity index (χ4v) is 2.58. The van der Waals surface area contributed by atoms with Crippen molar-refractivity contribution in [2.45, 2.75) is 38.3 Å². The third-order valence-corrected chi connectivity index (χ3v) is 3.80. The van der Waals surface area contributed by atoms with Crippen LogP contribution in [-0.2, 0) is 4.79 Å². The summed E-state index contributed by atoms with van der Waals surface area (Å²) in [4.78, 5) is 12.1. The summed E-state index contributed by atoms with van der Waals surface area (Å²) in [6.07, 6.45) is 2.65. The molecule has 0 aliphatic heterocycles. The van der Waals surface area contributed by atoms with Crippen molar-refractivity contribution in [2.24, 2.45) is 11.7 Å². The average Bonchev–Trinajstić information content (AvgIpc) is 2.85. The van der Waals surface area contributed by atoms with Gasteiger partial charge in [-0.05, 0) is 43.9 Å². The molecule has 1 fully saturated rings. The second-order valence-corrected chi connectivity index (χ2v) is 5.28. The van der Waals surface area contributed by atoms with E-state index in [0.29, 0.717) is 0 Å². The second-order valence-electron chi connectivity index (χ2n) is 5.28. The van der Waals surface area contributed by atoms with Crippen LogP contribution in [0.25, 0.3) is 0 Å². The summed E-state index contributed by atoms with van der Waals surface area (Å²) >= 11 is 0. The monoisotopic (exact) mass is 262 g/mol. The molecule has 104 valence electrons. The van der Waals surface area contributed by atoms with Gasteiger partial charge in [0.1, 0.15) is 5.75 Å². The number of methoxy groups -OCH3 is 1. The van der Waals surface area contributed by atoms with Gasteiger partial charge in [0.05, 0.1) is 13.2 Å². The van der Waals surface area contributed by atoms with Crippen molar-refractivity contribution < 1.29 is 9.53 Å². The van der Waals surface area contributed by atoms with Crippen molar-refractivity contribution in [2.75, 3.05) is 7.11 Å². The van der Waals surface area contributed by atoms with Crippen LogP contribution in [0.1, 0.15) is 37.8 Å². The summed E-state index contributed by atoms with van der Waals surface area (Å²) < 4.78 is 5.19. The second kappa shape index (κ2) is 6.06. The molecule has 1 aromatic carbocycles. The van der Waals surface area contributed by atoms with Crippen LogP contribution < -0.4 is 15.8 Å². The first kappa shape index (κ1) is 13.9. The Morgan fingerprint density at radius 2 is 2.26 bits per heavy atom. The highest BCUT2D eigenvalue weighted by Gasteiger charge is 2.28. The van der Waals surface area contributed by atoms with Gasteiger partial charge >= 0.3 is 0 Å². The minimum atomic E-state index is -0.0144. The molecule has 0 heterocycles. The number of ether oxygens (including phenoxy) is 1. The van der Waals surface area contributed by atoms with Gasteiger partial charge in [0, 0.05) is 12.0 Å². The van der Waals surface area contributed by atoms with Crippen molar-refractivity contribution >= 4 is 5.91 Å². The molecule has 1 aliphatic carbocycles. The van der Waals surface area contributed by atoms with Crippen molar-refractivity contribution in [3.63, 3.8) is 0 Å². The molecule has 4 nitrogen and oxygen atoms in total. The van der Waals surface area contributed by atoms with Crippen LogP contribution in [0.4, 0.5) is 0 Å². The zero-order valence-electron chi connectivity index (χ0n) is 11.6. The van der Waals surface area contributed by atoms with E-state index in [4.69, 9.17) is 10.5 Å². The fraction of sp³-hybridized carbons (Fsp3) is 0.533. The number of benzene rings is 1. The van der Waals surface area contributed by atoms with Crippen molar-refractivity contribution in [1.29, 1.82) is 0 Å². The minimum Gasteiger partial charge on any atom is -0.497 e. The molecule has 0 saturated heterocycles. The van der Waals surface area contributed by atoms with Crippen LogP contribution in [0.2, 0.25) is 0 Å². The Bertz CT molecular complexity index is 448. The Hall–Kier alpha value is -1.55. The largest absolute Gasteiger partial charge is 0.497 e. The van der Waals surface area contributed by atoms with Gasteiger partial charge in [-0.25, -0.2) is 0 Å². The summed E-state index contributed by atoms with van der Waals surface area (Å²) in [6.45, 7) is 1.99. The van der Waals surface area contributed by atoms with Crippen LogP contribution in [0.15, 0.2) is 24.3 Å². The van der Waals surface area contributed by atoms with Gasteiger partial charge in [-0.2, -0.15) is 0 Å². The lowest BCUT2D eigenvalue weighted by Crippen LogP contribution is -2.32. The van der Waals surface area contributed by atoms with Crippen LogP contribution in [0.3, 0.4) is 0 Å². The molecular formula is C15H22N2O2. The van der Waals surface area contributed by atoms with Crippen LogP contribution >= 0.6 is 0 Å². The summed E-state index contributed by atoms with van der Waals surface area (Å²) in [5, 5.41) is 3.06. The number of nitrogens with two attached hydrogens (primary N) is 1. The molecule has 1 amide bonds. The molecule has 1 aromatic rings. The van der Waals surface area contributed by atoms with Gasteiger partial charge in [-0.15, -0.1) is 0 Å². The van der Waals surface area contributed by atoms with Crippen molar-refractivity contribution in [3.05, 3.63) is 29.8 Å². The number of amides is 1. The van der Waals surface area contributed by atoms with E-state index < -0.39 is 0 Å². The minimum absolute atomic E-state index is 0.0144. The van der Waals surface area contributed by atoms with Crippen LogP contribution in [-0.4, -0.2) is 19.1 Å². The Labute approximate surface area is 114 Å². The molecule has 0 radical (unpaired) electrons. The zero-order valence-corrected chi connectivity index (χ0v) is 11.6. The molecule has 2 rings (SSSR count). The topological polar surface area (TPSA) is 64.3 Å². The maximum Gasteiger partial charge on any atom is 0.223 e. The summed E-state index contributed by atoms with van der Waals surface area (Å²) in [7, 11) is 1.64. The molecular weight excluding hydrogens is 240 g/mol. The summed E-state index contributed by atoms with van der Waals surface area (Å²) in [5.74, 6) is 0.993. The van der Waals surface area contributed by atoms with Crippen LogP contribution in [0, 0.1) is 5.92 Å². The molecule has 3 N–H and O–H groups in total. The first-order valence-electron chi connectivity index (χ1n) is 6.80. The summed E-state index contributed by atoms with van der Waals surface area (Å²) in [6, 6.07) is 7.94. The standard InChI is InChI=1S/C15H22N2O2/c1-10(11-4-3-5-14(9-11)19-2)17-15(18)12-6-7-13(16)8-12/h3-5,9-10,12-13H,6-8,16H2,1-2H3,(H,17,18). The third-order valence-electron chi connectivity index (χ3n) is 3.80. The van der Waals surface area contributed by atoms with E-state index in [0.717, 1.165) is 30.6 Å². The molecule has 0 aromatic heterocycles. The molecule has 0 spiro atoms. The van der Waals surface area contributed by atoms with Gasteiger partial charge in [0.2, 0.25) is 5.91 Å². The predicted octanol–water partition coefficient (Wildman–Crippen LogP) is 2.00. The van der Waals surface area contributed by atoms with E-state index in [1.165, 1.54) is 0 Å². The number of nitrogens with one attached hydrogen (secondary N) is 1. The van der Waals surface area contributed by atoms with E-state index in [9.17, 15) is 4.79 Å². The third kappa shape index (κ3) is 3.47. The van der Waals surface area contributed by atoms with Gasteiger partial charge in [0.25, 0.3) is 0 Å². The number of carbonyl (C=O) groups is 1. The first-order chi connectivity index (χ1) is 9.10. The molecule has 3 atom stereocenters.